The first-order chi connectivity index (χ1) is 14.3. The molecule has 3 rings (SSSR count). The first-order valence-corrected chi connectivity index (χ1v) is 11.6. The van der Waals surface area contributed by atoms with Gasteiger partial charge in [-0.3, -0.25) is 4.68 Å². The molecule has 0 atom stereocenters. The highest BCUT2D eigenvalue weighted by Gasteiger charge is 2.13. The van der Waals surface area contributed by atoms with Gasteiger partial charge in [0.05, 0.1) is 0 Å². The molecule has 0 saturated heterocycles. The molecule has 7 heteroatoms. The smallest absolute Gasteiger partial charge is 0.191 e. The molecule has 6 nitrogen and oxygen atoms in total. The predicted octanol–water partition coefficient (Wildman–Crippen LogP) is 4.97. The van der Waals surface area contributed by atoms with Crippen LogP contribution in [0.25, 0.3) is 11.4 Å². The molecule has 1 aromatic carbocycles. The van der Waals surface area contributed by atoms with Crippen LogP contribution in [0.2, 0.25) is 0 Å². The molecule has 2 heterocycles. The van der Waals surface area contributed by atoms with Crippen molar-refractivity contribution in [2.24, 2.45) is 0 Å². The SMILES string of the molecule is CCN(CC)c1ccc(-c2nnc(SCCCCCn3cccn3)n2CC)cc1. The summed E-state index contributed by atoms with van der Waals surface area (Å²) in [5.41, 5.74) is 2.38. The van der Waals surface area contributed by atoms with E-state index in [1.807, 2.05) is 34.9 Å². The number of rotatable bonds is 12. The zero-order chi connectivity index (χ0) is 20.5. The van der Waals surface area contributed by atoms with E-state index in [2.05, 4.69) is 69.8 Å². The lowest BCUT2D eigenvalue weighted by Gasteiger charge is -2.21. The summed E-state index contributed by atoms with van der Waals surface area (Å²) < 4.78 is 4.22. The van der Waals surface area contributed by atoms with Crippen LogP contribution in [-0.2, 0) is 13.1 Å². The number of hydrogen-bond donors (Lipinski definition) is 0. The number of nitrogens with zero attached hydrogens (tertiary/aromatic N) is 6. The Morgan fingerprint density at radius 1 is 0.966 bits per heavy atom. The lowest BCUT2D eigenvalue weighted by molar-refractivity contribution is 0.554. The average Bonchev–Trinajstić information content (AvgIpc) is 3.41. The van der Waals surface area contributed by atoms with E-state index in [1.54, 1.807) is 0 Å². The highest BCUT2D eigenvalue weighted by molar-refractivity contribution is 7.99. The van der Waals surface area contributed by atoms with E-state index in [4.69, 9.17) is 0 Å². The van der Waals surface area contributed by atoms with Crippen LogP contribution < -0.4 is 4.90 Å². The number of benzene rings is 1. The molecule has 0 amide bonds. The Morgan fingerprint density at radius 3 is 2.41 bits per heavy atom. The summed E-state index contributed by atoms with van der Waals surface area (Å²) in [6.07, 6.45) is 7.40. The largest absolute Gasteiger partial charge is 0.372 e. The van der Waals surface area contributed by atoms with Gasteiger partial charge < -0.3 is 9.47 Å². The van der Waals surface area contributed by atoms with E-state index in [0.717, 1.165) is 54.9 Å². The first-order valence-electron chi connectivity index (χ1n) is 10.7. The van der Waals surface area contributed by atoms with Gasteiger partial charge in [0.25, 0.3) is 0 Å². The third-order valence-electron chi connectivity index (χ3n) is 5.11. The fourth-order valence-electron chi connectivity index (χ4n) is 3.45. The molecule has 2 aromatic heterocycles. The van der Waals surface area contributed by atoms with E-state index >= 15 is 0 Å². The Hall–Kier alpha value is -2.28. The highest BCUT2D eigenvalue weighted by Crippen LogP contribution is 2.26. The van der Waals surface area contributed by atoms with E-state index in [0.29, 0.717) is 0 Å². The second-order valence-corrected chi connectivity index (χ2v) is 8.01. The van der Waals surface area contributed by atoms with Crippen LogP contribution in [0.15, 0.2) is 47.9 Å². The van der Waals surface area contributed by atoms with Crippen molar-refractivity contribution in [1.82, 2.24) is 24.5 Å². The molecule has 0 fully saturated rings. The van der Waals surface area contributed by atoms with Gasteiger partial charge in [-0.1, -0.05) is 18.2 Å². The predicted molar refractivity (Wildman–Crippen MR) is 121 cm³/mol. The zero-order valence-electron chi connectivity index (χ0n) is 17.8. The van der Waals surface area contributed by atoms with Gasteiger partial charge in [0.2, 0.25) is 0 Å². The fourth-order valence-corrected chi connectivity index (χ4v) is 4.45. The number of thioether (sulfide) groups is 1. The Morgan fingerprint density at radius 2 is 1.76 bits per heavy atom. The van der Waals surface area contributed by atoms with Crippen LogP contribution >= 0.6 is 11.8 Å². The van der Waals surface area contributed by atoms with Gasteiger partial charge in [-0.15, -0.1) is 10.2 Å². The summed E-state index contributed by atoms with van der Waals surface area (Å²) in [5.74, 6) is 2.03. The number of aryl methyl sites for hydroxylation is 1. The number of unbranched alkanes of at least 4 members (excludes halogenated alkanes) is 2. The van der Waals surface area contributed by atoms with Crippen LogP contribution in [0, 0.1) is 0 Å². The molecule has 0 aliphatic rings. The van der Waals surface area contributed by atoms with E-state index in [-0.39, 0.29) is 0 Å². The molecular formula is C22H32N6S. The Kier molecular flexibility index (Phi) is 8.16. The van der Waals surface area contributed by atoms with Crippen molar-refractivity contribution >= 4 is 17.4 Å². The standard InChI is InChI=1S/C22H32N6S/c1-4-26(5-2)20-13-11-19(12-14-20)21-24-25-22(28(21)6-3)29-18-9-7-8-16-27-17-10-15-23-27/h10-15,17H,4-9,16,18H2,1-3H3. The maximum atomic E-state index is 4.49. The van der Waals surface area contributed by atoms with Crippen molar-refractivity contribution in [3.05, 3.63) is 42.7 Å². The van der Waals surface area contributed by atoms with Crippen molar-refractivity contribution in [3.63, 3.8) is 0 Å². The zero-order valence-corrected chi connectivity index (χ0v) is 18.6. The molecule has 0 aliphatic heterocycles. The van der Waals surface area contributed by atoms with Crippen molar-refractivity contribution in [3.8, 4) is 11.4 Å². The summed E-state index contributed by atoms with van der Waals surface area (Å²) in [6.45, 7) is 10.4. The average molecular weight is 413 g/mol. The molecule has 3 aromatic rings. The maximum absolute atomic E-state index is 4.49. The normalized spacial score (nSPS) is 11.1. The molecule has 0 N–H and O–H groups in total. The quantitative estimate of drug-likeness (QED) is 0.310. The summed E-state index contributed by atoms with van der Waals surface area (Å²) in [6, 6.07) is 10.7. The molecule has 0 bridgehead atoms. The van der Waals surface area contributed by atoms with Gasteiger partial charge in [0, 0.05) is 55.6 Å². The number of hydrogen-bond acceptors (Lipinski definition) is 5. The number of aromatic nitrogens is 5. The molecule has 0 unspecified atom stereocenters. The Bertz CT molecular complexity index is 837. The monoisotopic (exact) mass is 412 g/mol. The summed E-state index contributed by atoms with van der Waals surface area (Å²) in [4.78, 5) is 2.35. The summed E-state index contributed by atoms with van der Waals surface area (Å²) in [5, 5.41) is 14.2. The fraction of sp³-hybridized carbons (Fsp3) is 0.500. The molecule has 156 valence electrons. The van der Waals surface area contributed by atoms with Gasteiger partial charge in [0.15, 0.2) is 11.0 Å². The Labute approximate surface area is 178 Å². The minimum Gasteiger partial charge on any atom is -0.372 e. The van der Waals surface area contributed by atoms with E-state index in [1.165, 1.54) is 18.5 Å². The van der Waals surface area contributed by atoms with Crippen molar-refractivity contribution < 1.29 is 0 Å². The minimum absolute atomic E-state index is 0.877. The van der Waals surface area contributed by atoms with Gasteiger partial charge in [-0.2, -0.15) is 5.10 Å². The second kappa shape index (κ2) is 11.0. The van der Waals surface area contributed by atoms with Gasteiger partial charge in [0.1, 0.15) is 0 Å². The highest BCUT2D eigenvalue weighted by atomic mass is 32.2. The van der Waals surface area contributed by atoms with Crippen LogP contribution in [0.5, 0.6) is 0 Å². The lowest BCUT2D eigenvalue weighted by atomic mass is 10.2. The van der Waals surface area contributed by atoms with E-state index < -0.39 is 0 Å². The number of anilines is 1. The van der Waals surface area contributed by atoms with Crippen molar-refractivity contribution in [2.75, 3.05) is 23.7 Å². The summed E-state index contributed by atoms with van der Waals surface area (Å²) in [7, 11) is 0. The topological polar surface area (TPSA) is 51.8 Å². The van der Waals surface area contributed by atoms with Crippen LogP contribution in [0.1, 0.15) is 40.0 Å². The lowest BCUT2D eigenvalue weighted by Crippen LogP contribution is -2.21. The third kappa shape index (κ3) is 5.63. The Balaban J connectivity index is 1.54. The molecule has 29 heavy (non-hydrogen) atoms. The van der Waals surface area contributed by atoms with Crippen molar-refractivity contribution in [1.29, 1.82) is 0 Å². The molecule has 0 aliphatic carbocycles. The van der Waals surface area contributed by atoms with Crippen LogP contribution in [0.3, 0.4) is 0 Å². The summed E-state index contributed by atoms with van der Waals surface area (Å²) >= 11 is 1.81. The third-order valence-corrected chi connectivity index (χ3v) is 6.16. The first kappa shape index (κ1) is 21.4. The molecule has 0 spiro atoms. The molecule has 0 radical (unpaired) electrons. The van der Waals surface area contributed by atoms with Crippen LogP contribution in [0.4, 0.5) is 5.69 Å². The van der Waals surface area contributed by atoms with Crippen molar-refractivity contribution in [2.45, 2.75) is 58.3 Å². The van der Waals surface area contributed by atoms with Gasteiger partial charge >= 0.3 is 0 Å². The van der Waals surface area contributed by atoms with Crippen LogP contribution in [-0.4, -0.2) is 43.4 Å². The van der Waals surface area contributed by atoms with Gasteiger partial charge in [-0.25, -0.2) is 0 Å². The minimum atomic E-state index is 0.877. The molecular weight excluding hydrogens is 380 g/mol. The van der Waals surface area contributed by atoms with E-state index in [9.17, 15) is 0 Å². The molecule has 0 saturated carbocycles. The van der Waals surface area contributed by atoms with Gasteiger partial charge in [-0.05, 0) is 63.9 Å². The second-order valence-electron chi connectivity index (χ2n) is 6.95. The maximum Gasteiger partial charge on any atom is 0.191 e.